The number of aromatic nitrogens is 1. The van der Waals surface area contributed by atoms with E-state index in [0.717, 1.165) is 56.8 Å². The van der Waals surface area contributed by atoms with Gasteiger partial charge in [0.25, 0.3) is 0 Å². The number of nitrogens with one attached hydrogen (secondary N) is 1. The molecular weight excluding hydrogens is 338 g/mol. The van der Waals surface area contributed by atoms with Crippen LogP contribution >= 0.6 is 0 Å². The minimum absolute atomic E-state index is 0.395. The van der Waals surface area contributed by atoms with E-state index in [4.69, 9.17) is 10.3 Å². The number of nitrogens with two attached hydrogens (primary N) is 1. The lowest BCUT2D eigenvalue weighted by molar-refractivity contribution is 0.199. The van der Waals surface area contributed by atoms with Crippen LogP contribution in [0.3, 0.4) is 0 Å². The molecule has 6 nitrogen and oxygen atoms in total. The Kier molecular flexibility index (Phi) is 5.72. The SMILES string of the molecule is NC(=NCc1noc2c1CCCC2)NC1CCN(Cc2ccccc2)CC1. The normalized spacial score (nSPS) is 19.0. The molecule has 2 aliphatic rings. The molecule has 1 saturated heterocycles. The first kappa shape index (κ1) is 18.0. The monoisotopic (exact) mass is 367 g/mol. The number of guanidine groups is 1. The summed E-state index contributed by atoms with van der Waals surface area (Å²) in [6, 6.07) is 11.1. The van der Waals surface area contributed by atoms with Crippen molar-refractivity contribution >= 4 is 5.96 Å². The van der Waals surface area contributed by atoms with Gasteiger partial charge in [-0.25, -0.2) is 4.99 Å². The highest BCUT2D eigenvalue weighted by molar-refractivity contribution is 5.78. The van der Waals surface area contributed by atoms with Crippen LogP contribution < -0.4 is 11.1 Å². The molecule has 1 aliphatic carbocycles. The Bertz CT molecular complexity index is 762. The van der Waals surface area contributed by atoms with Crippen molar-refractivity contribution in [2.75, 3.05) is 13.1 Å². The van der Waals surface area contributed by atoms with Gasteiger partial charge < -0.3 is 15.6 Å². The first-order valence-electron chi connectivity index (χ1n) is 10.1. The highest BCUT2D eigenvalue weighted by atomic mass is 16.5. The van der Waals surface area contributed by atoms with Gasteiger partial charge in [0.05, 0.1) is 6.54 Å². The van der Waals surface area contributed by atoms with E-state index >= 15 is 0 Å². The van der Waals surface area contributed by atoms with Gasteiger partial charge in [0, 0.05) is 37.7 Å². The molecule has 0 atom stereocenters. The van der Waals surface area contributed by atoms with Gasteiger partial charge in [0.15, 0.2) is 5.96 Å². The molecule has 1 aromatic heterocycles. The van der Waals surface area contributed by atoms with Crippen molar-refractivity contribution in [1.82, 2.24) is 15.4 Å². The molecule has 0 amide bonds. The van der Waals surface area contributed by atoms with Gasteiger partial charge >= 0.3 is 0 Å². The lowest BCUT2D eigenvalue weighted by atomic mass is 9.96. The fourth-order valence-electron chi connectivity index (χ4n) is 4.07. The maximum atomic E-state index is 6.12. The standard InChI is InChI=1S/C21H29N5O/c22-21(23-14-19-18-8-4-5-9-20(18)27-25-19)24-17-10-12-26(13-11-17)15-16-6-2-1-3-7-16/h1-3,6-7,17H,4-5,8-15H2,(H3,22,23,24). The predicted molar refractivity (Wildman–Crippen MR) is 106 cm³/mol. The molecule has 1 fully saturated rings. The predicted octanol–water partition coefficient (Wildman–Crippen LogP) is 2.62. The van der Waals surface area contributed by atoms with E-state index in [-0.39, 0.29) is 0 Å². The molecule has 2 heterocycles. The maximum absolute atomic E-state index is 6.12. The zero-order chi connectivity index (χ0) is 18.5. The van der Waals surface area contributed by atoms with E-state index in [1.54, 1.807) is 0 Å². The Morgan fingerprint density at radius 2 is 1.96 bits per heavy atom. The second kappa shape index (κ2) is 8.57. The average Bonchev–Trinajstić information content (AvgIpc) is 3.12. The van der Waals surface area contributed by atoms with E-state index in [2.05, 4.69) is 50.7 Å². The molecule has 0 unspecified atom stereocenters. The van der Waals surface area contributed by atoms with Crippen LogP contribution in [-0.4, -0.2) is 35.1 Å². The van der Waals surface area contributed by atoms with Crippen LogP contribution in [0.15, 0.2) is 39.8 Å². The number of fused-ring (bicyclic) bond motifs is 1. The van der Waals surface area contributed by atoms with Crippen molar-refractivity contribution in [3.8, 4) is 0 Å². The zero-order valence-electron chi connectivity index (χ0n) is 15.9. The van der Waals surface area contributed by atoms with E-state index in [9.17, 15) is 0 Å². The third-order valence-corrected chi connectivity index (χ3v) is 5.62. The molecule has 1 aliphatic heterocycles. The molecule has 4 rings (SSSR count). The molecule has 3 N–H and O–H groups in total. The highest BCUT2D eigenvalue weighted by Gasteiger charge is 2.21. The quantitative estimate of drug-likeness (QED) is 0.627. The van der Waals surface area contributed by atoms with Gasteiger partial charge in [-0.1, -0.05) is 35.5 Å². The molecule has 0 bridgehead atoms. The van der Waals surface area contributed by atoms with Gasteiger partial charge in [0.1, 0.15) is 11.5 Å². The summed E-state index contributed by atoms with van der Waals surface area (Å²) in [5, 5.41) is 7.58. The summed E-state index contributed by atoms with van der Waals surface area (Å²) in [4.78, 5) is 7.01. The van der Waals surface area contributed by atoms with Crippen LogP contribution in [0, 0.1) is 0 Å². The molecule has 0 radical (unpaired) electrons. The average molecular weight is 367 g/mol. The van der Waals surface area contributed by atoms with E-state index < -0.39 is 0 Å². The lowest BCUT2D eigenvalue weighted by Crippen LogP contribution is -2.46. The topological polar surface area (TPSA) is 79.7 Å². The number of hydrogen-bond donors (Lipinski definition) is 2. The van der Waals surface area contributed by atoms with Crippen LogP contribution in [0.1, 0.15) is 48.3 Å². The largest absolute Gasteiger partial charge is 0.370 e. The summed E-state index contributed by atoms with van der Waals surface area (Å²) in [5.74, 6) is 1.56. The van der Waals surface area contributed by atoms with Crippen LogP contribution in [0.2, 0.25) is 0 Å². The van der Waals surface area contributed by atoms with E-state index in [0.29, 0.717) is 18.5 Å². The Labute approximate surface area is 160 Å². The number of piperidine rings is 1. The minimum atomic E-state index is 0.395. The second-order valence-electron chi connectivity index (χ2n) is 7.62. The van der Waals surface area contributed by atoms with Gasteiger partial charge in [0.2, 0.25) is 0 Å². The van der Waals surface area contributed by atoms with Crippen LogP contribution in [-0.2, 0) is 25.9 Å². The van der Waals surface area contributed by atoms with Crippen molar-refractivity contribution in [3.63, 3.8) is 0 Å². The third-order valence-electron chi connectivity index (χ3n) is 5.62. The molecule has 6 heteroatoms. The molecule has 1 aromatic carbocycles. The molecule has 144 valence electrons. The summed E-state index contributed by atoms with van der Waals surface area (Å²) in [6.07, 6.45) is 6.63. The number of hydrogen-bond acceptors (Lipinski definition) is 4. The second-order valence-corrected chi connectivity index (χ2v) is 7.62. The molecular formula is C21H29N5O. The van der Waals surface area contributed by atoms with Crippen LogP contribution in [0.25, 0.3) is 0 Å². The summed E-state index contributed by atoms with van der Waals surface area (Å²) in [5.41, 5.74) is 9.71. The van der Waals surface area contributed by atoms with Crippen LogP contribution in [0.5, 0.6) is 0 Å². The lowest BCUT2D eigenvalue weighted by Gasteiger charge is -2.32. The molecule has 0 saturated carbocycles. The molecule has 27 heavy (non-hydrogen) atoms. The van der Waals surface area contributed by atoms with Crippen molar-refractivity contribution < 1.29 is 4.52 Å². The van der Waals surface area contributed by atoms with Gasteiger partial charge in [-0.05, 0) is 37.7 Å². The van der Waals surface area contributed by atoms with E-state index in [1.165, 1.54) is 24.0 Å². The number of nitrogens with zero attached hydrogens (tertiary/aromatic N) is 3. The highest BCUT2D eigenvalue weighted by Crippen LogP contribution is 2.24. The van der Waals surface area contributed by atoms with Crippen molar-refractivity contribution in [1.29, 1.82) is 0 Å². The van der Waals surface area contributed by atoms with Crippen LogP contribution in [0.4, 0.5) is 0 Å². The van der Waals surface area contributed by atoms with Crippen molar-refractivity contribution in [2.24, 2.45) is 10.7 Å². The van der Waals surface area contributed by atoms with E-state index in [1.807, 2.05) is 0 Å². The number of benzene rings is 1. The number of rotatable bonds is 5. The number of aliphatic imine (C=N–C) groups is 1. The number of likely N-dealkylation sites (tertiary alicyclic amines) is 1. The Hall–Kier alpha value is -2.34. The number of aryl methyl sites for hydroxylation is 1. The third kappa shape index (κ3) is 4.69. The zero-order valence-corrected chi connectivity index (χ0v) is 15.9. The van der Waals surface area contributed by atoms with Gasteiger partial charge in [-0.3, -0.25) is 4.90 Å². The Morgan fingerprint density at radius 1 is 1.19 bits per heavy atom. The summed E-state index contributed by atoms with van der Waals surface area (Å²) in [6.45, 7) is 3.69. The molecule has 0 spiro atoms. The Morgan fingerprint density at radius 3 is 2.78 bits per heavy atom. The summed E-state index contributed by atoms with van der Waals surface area (Å²) >= 11 is 0. The van der Waals surface area contributed by atoms with Crippen molar-refractivity contribution in [3.05, 3.63) is 52.9 Å². The maximum Gasteiger partial charge on any atom is 0.189 e. The molecule has 2 aromatic rings. The summed E-state index contributed by atoms with van der Waals surface area (Å²) in [7, 11) is 0. The first-order chi connectivity index (χ1) is 13.3. The van der Waals surface area contributed by atoms with Gasteiger partial charge in [-0.15, -0.1) is 0 Å². The smallest absolute Gasteiger partial charge is 0.189 e. The fraction of sp³-hybridized carbons (Fsp3) is 0.524. The minimum Gasteiger partial charge on any atom is -0.370 e. The first-order valence-corrected chi connectivity index (χ1v) is 10.1. The van der Waals surface area contributed by atoms with Gasteiger partial charge in [-0.2, -0.15) is 0 Å². The summed E-state index contributed by atoms with van der Waals surface area (Å²) < 4.78 is 5.44. The fourth-order valence-corrected chi connectivity index (χ4v) is 4.07. The van der Waals surface area contributed by atoms with Crippen molar-refractivity contribution in [2.45, 2.75) is 57.7 Å². The Balaban J connectivity index is 1.24.